The molecule has 3 N–H and O–H groups in total. The van der Waals surface area contributed by atoms with Crippen LogP contribution >= 0.6 is 0 Å². The monoisotopic (exact) mass is 224 g/mol. The third-order valence-corrected chi connectivity index (χ3v) is 4.69. The summed E-state index contributed by atoms with van der Waals surface area (Å²) < 4.78 is 0. The van der Waals surface area contributed by atoms with Gasteiger partial charge in [0.05, 0.1) is 0 Å². The average molecular weight is 224 g/mol. The molecule has 2 aliphatic carbocycles. The molecule has 1 atom stereocenters. The molecule has 2 heteroatoms. The highest BCUT2D eigenvalue weighted by Gasteiger charge is 2.27. The van der Waals surface area contributed by atoms with Crippen LogP contribution < -0.4 is 11.1 Å². The van der Waals surface area contributed by atoms with Gasteiger partial charge in [0.25, 0.3) is 0 Å². The molecule has 0 heterocycles. The summed E-state index contributed by atoms with van der Waals surface area (Å²) in [7, 11) is 0. The maximum absolute atomic E-state index is 5.95. The van der Waals surface area contributed by atoms with Crippen molar-refractivity contribution in [2.75, 3.05) is 6.54 Å². The second-order valence-electron chi connectivity index (χ2n) is 6.01. The zero-order valence-corrected chi connectivity index (χ0v) is 10.8. The number of rotatable bonds is 4. The van der Waals surface area contributed by atoms with Gasteiger partial charge in [0.15, 0.2) is 0 Å². The van der Waals surface area contributed by atoms with Crippen LogP contribution in [0.3, 0.4) is 0 Å². The van der Waals surface area contributed by atoms with E-state index >= 15 is 0 Å². The molecule has 2 nitrogen and oxygen atoms in total. The highest BCUT2D eigenvalue weighted by Crippen LogP contribution is 2.31. The van der Waals surface area contributed by atoms with E-state index in [9.17, 15) is 0 Å². The lowest BCUT2D eigenvalue weighted by Crippen LogP contribution is -2.47. The molecule has 94 valence electrons. The summed E-state index contributed by atoms with van der Waals surface area (Å²) in [4.78, 5) is 0. The van der Waals surface area contributed by atoms with Crippen molar-refractivity contribution in [2.24, 2.45) is 17.6 Å². The molecule has 0 aliphatic heterocycles. The molecule has 16 heavy (non-hydrogen) atoms. The fraction of sp³-hybridized carbons (Fsp3) is 1.00. The Morgan fingerprint density at radius 1 is 1.06 bits per heavy atom. The van der Waals surface area contributed by atoms with Crippen molar-refractivity contribution in [3.63, 3.8) is 0 Å². The van der Waals surface area contributed by atoms with Crippen LogP contribution in [0.1, 0.15) is 58.3 Å². The number of hydrogen-bond donors (Lipinski definition) is 2. The molecular formula is C14H28N2. The van der Waals surface area contributed by atoms with E-state index in [-0.39, 0.29) is 0 Å². The van der Waals surface area contributed by atoms with Gasteiger partial charge in [-0.3, -0.25) is 0 Å². The first-order valence-electron chi connectivity index (χ1n) is 7.25. The lowest BCUT2D eigenvalue weighted by Gasteiger charge is -2.34. The molecule has 2 rings (SSSR count). The summed E-state index contributed by atoms with van der Waals surface area (Å²) in [6, 6.07) is 1.36. The normalized spacial score (nSPS) is 34.1. The van der Waals surface area contributed by atoms with E-state index < -0.39 is 0 Å². The van der Waals surface area contributed by atoms with E-state index in [1.165, 1.54) is 51.4 Å². The van der Waals surface area contributed by atoms with Gasteiger partial charge < -0.3 is 11.1 Å². The van der Waals surface area contributed by atoms with Crippen molar-refractivity contribution >= 4 is 0 Å². The summed E-state index contributed by atoms with van der Waals surface area (Å²) in [5.74, 6) is 1.79. The molecular weight excluding hydrogens is 196 g/mol. The molecule has 0 saturated heterocycles. The van der Waals surface area contributed by atoms with Crippen LogP contribution in [-0.2, 0) is 0 Å². The molecule has 0 amide bonds. The first-order chi connectivity index (χ1) is 7.79. The Balaban J connectivity index is 1.79. The Kier molecular flexibility index (Phi) is 4.66. The average Bonchev–Trinajstić information content (AvgIpc) is 2.80. The highest BCUT2D eigenvalue weighted by molar-refractivity contribution is 4.86. The molecule has 1 unspecified atom stereocenters. The van der Waals surface area contributed by atoms with Crippen LogP contribution in [-0.4, -0.2) is 18.6 Å². The number of nitrogens with two attached hydrogens (primary N) is 1. The molecule has 0 spiro atoms. The summed E-state index contributed by atoms with van der Waals surface area (Å²) in [5.41, 5.74) is 5.95. The fourth-order valence-corrected chi connectivity index (χ4v) is 3.48. The molecule has 0 aromatic heterocycles. The van der Waals surface area contributed by atoms with Crippen molar-refractivity contribution < 1.29 is 0 Å². The molecule has 2 saturated carbocycles. The van der Waals surface area contributed by atoms with Crippen LogP contribution in [0, 0.1) is 11.8 Å². The minimum absolute atomic E-state index is 0.593. The van der Waals surface area contributed by atoms with Gasteiger partial charge in [-0.15, -0.1) is 0 Å². The van der Waals surface area contributed by atoms with Crippen molar-refractivity contribution in [3.8, 4) is 0 Å². The second kappa shape index (κ2) is 6.02. The Morgan fingerprint density at radius 2 is 1.69 bits per heavy atom. The smallest absolute Gasteiger partial charge is 0.0221 e. The Hall–Kier alpha value is -0.0800. The van der Waals surface area contributed by atoms with Crippen LogP contribution in [0.5, 0.6) is 0 Å². The third-order valence-electron chi connectivity index (χ3n) is 4.69. The molecule has 0 aromatic carbocycles. The van der Waals surface area contributed by atoms with Gasteiger partial charge in [-0.1, -0.05) is 32.6 Å². The van der Waals surface area contributed by atoms with Crippen LogP contribution in [0.2, 0.25) is 0 Å². The van der Waals surface area contributed by atoms with E-state index in [4.69, 9.17) is 5.73 Å². The fourth-order valence-electron chi connectivity index (χ4n) is 3.48. The van der Waals surface area contributed by atoms with E-state index in [0.717, 1.165) is 24.4 Å². The predicted octanol–water partition coefficient (Wildman–Crippen LogP) is 2.67. The van der Waals surface area contributed by atoms with Crippen LogP contribution in [0.4, 0.5) is 0 Å². The van der Waals surface area contributed by atoms with Gasteiger partial charge in [0.1, 0.15) is 0 Å². The maximum Gasteiger partial charge on any atom is 0.0221 e. The first kappa shape index (κ1) is 12.4. The minimum atomic E-state index is 0.593. The molecule has 0 aromatic rings. The van der Waals surface area contributed by atoms with Crippen molar-refractivity contribution in [1.82, 2.24) is 5.32 Å². The Morgan fingerprint density at radius 3 is 2.25 bits per heavy atom. The summed E-state index contributed by atoms with van der Waals surface area (Å²) >= 11 is 0. The Bertz CT molecular complexity index is 191. The molecule has 2 aliphatic rings. The van der Waals surface area contributed by atoms with E-state index in [1.54, 1.807) is 0 Å². The van der Waals surface area contributed by atoms with Crippen LogP contribution in [0.25, 0.3) is 0 Å². The lowest BCUT2D eigenvalue weighted by atomic mass is 9.79. The number of hydrogen-bond acceptors (Lipinski definition) is 2. The van der Waals surface area contributed by atoms with Gasteiger partial charge in [-0.2, -0.15) is 0 Å². The van der Waals surface area contributed by atoms with Crippen molar-refractivity contribution in [1.29, 1.82) is 0 Å². The van der Waals surface area contributed by atoms with E-state index in [0.29, 0.717) is 6.04 Å². The molecule has 0 bridgehead atoms. The van der Waals surface area contributed by atoms with Gasteiger partial charge in [-0.25, -0.2) is 0 Å². The predicted molar refractivity (Wildman–Crippen MR) is 69.4 cm³/mol. The summed E-state index contributed by atoms with van der Waals surface area (Å²) in [6.07, 6.45) is 11.2. The third kappa shape index (κ3) is 3.21. The second-order valence-corrected chi connectivity index (χ2v) is 6.01. The standard InChI is InChI=1S/C14H28N2/c1-11-6-8-12(9-7-11)14(10-15)16-13-4-2-3-5-13/h11-14,16H,2-10,15H2,1H3. The highest BCUT2D eigenvalue weighted by atomic mass is 15.0. The topological polar surface area (TPSA) is 38.0 Å². The van der Waals surface area contributed by atoms with Crippen molar-refractivity contribution in [2.45, 2.75) is 70.4 Å². The van der Waals surface area contributed by atoms with Gasteiger partial charge in [-0.05, 0) is 37.5 Å². The minimum Gasteiger partial charge on any atom is -0.329 e. The molecule has 0 radical (unpaired) electrons. The van der Waals surface area contributed by atoms with Crippen LogP contribution in [0.15, 0.2) is 0 Å². The van der Waals surface area contributed by atoms with Crippen molar-refractivity contribution in [3.05, 3.63) is 0 Å². The van der Waals surface area contributed by atoms with E-state index in [1.807, 2.05) is 0 Å². The summed E-state index contributed by atoms with van der Waals surface area (Å²) in [6.45, 7) is 3.22. The van der Waals surface area contributed by atoms with Gasteiger partial charge in [0.2, 0.25) is 0 Å². The van der Waals surface area contributed by atoms with E-state index in [2.05, 4.69) is 12.2 Å². The zero-order chi connectivity index (χ0) is 11.4. The first-order valence-corrected chi connectivity index (χ1v) is 7.25. The van der Waals surface area contributed by atoms with Gasteiger partial charge >= 0.3 is 0 Å². The number of nitrogens with one attached hydrogen (secondary N) is 1. The Labute approximate surface area is 100 Å². The van der Waals surface area contributed by atoms with Gasteiger partial charge in [0, 0.05) is 18.6 Å². The lowest BCUT2D eigenvalue weighted by molar-refractivity contribution is 0.221. The molecule has 2 fully saturated rings. The largest absolute Gasteiger partial charge is 0.329 e. The maximum atomic E-state index is 5.95. The zero-order valence-electron chi connectivity index (χ0n) is 10.8. The summed E-state index contributed by atoms with van der Waals surface area (Å²) in [5, 5.41) is 3.83. The quantitative estimate of drug-likeness (QED) is 0.770. The SMILES string of the molecule is CC1CCC(C(CN)NC2CCCC2)CC1.